The maximum Gasteiger partial charge on any atom is 0.337 e. The fourth-order valence-corrected chi connectivity index (χ4v) is 2.88. The van der Waals surface area contributed by atoms with Crippen molar-refractivity contribution in [1.29, 1.82) is 0 Å². The van der Waals surface area contributed by atoms with Crippen molar-refractivity contribution in [2.45, 2.75) is 0 Å². The van der Waals surface area contributed by atoms with Gasteiger partial charge in [-0.25, -0.2) is 14.1 Å². The van der Waals surface area contributed by atoms with Gasteiger partial charge in [0.2, 0.25) is 0 Å². The molecule has 0 saturated heterocycles. The number of thiol groups is 1. The summed E-state index contributed by atoms with van der Waals surface area (Å²) in [5.41, 5.74) is 1.81. The molecule has 2 amide bonds. The molecule has 3 aromatic carbocycles. The Balaban J connectivity index is 2.05. The summed E-state index contributed by atoms with van der Waals surface area (Å²) in [6.07, 6.45) is 0. The first kappa shape index (κ1) is 20.3. The molecule has 0 radical (unpaired) electrons. The Morgan fingerprint density at radius 2 is 1.45 bits per heavy atom. The largest absolute Gasteiger partial charge is 0.496 e. The van der Waals surface area contributed by atoms with Gasteiger partial charge >= 0.3 is 6.03 Å². The van der Waals surface area contributed by atoms with E-state index in [1.807, 2.05) is 48.5 Å². The molecule has 0 unspecified atom stereocenters. The van der Waals surface area contributed by atoms with E-state index in [4.69, 9.17) is 9.47 Å². The highest BCUT2D eigenvalue weighted by Crippen LogP contribution is 2.30. The van der Waals surface area contributed by atoms with Gasteiger partial charge in [-0.1, -0.05) is 55.3 Å². The van der Waals surface area contributed by atoms with Crippen molar-refractivity contribution in [2.24, 2.45) is 4.99 Å². The van der Waals surface area contributed by atoms with Crippen molar-refractivity contribution in [1.82, 2.24) is 4.31 Å². The number of para-hydroxylation sites is 4. The Bertz CT molecular complexity index is 1010. The quantitative estimate of drug-likeness (QED) is 0.349. The van der Waals surface area contributed by atoms with Crippen LogP contribution in [0.4, 0.5) is 16.2 Å². The third kappa shape index (κ3) is 4.89. The number of ether oxygens (including phenoxy) is 2. The molecule has 0 aromatic heterocycles. The minimum atomic E-state index is -0.459. The van der Waals surface area contributed by atoms with Gasteiger partial charge in [0.25, 0.3) is 0 Å². The lowest BCUT2D eigenvalue weighted by Gasteiger charge is -2.21. The summed E-state index contributed by atoms with van der Waals surface area (Å²) in [5.74, 6) is 1.43. The number of hydrogen-bond acceptors (Lipinski definition) is 5. The summed E-state index contributed by atoms with van der Waals surface area (Å²) >= 11 is 4.44. The number of amides is 2. The van der Waals surface area contributed by atoms with Gasteiger partial charge in [0.05, 0.1) is 19.8 Å². The smallest absolute Gasteiger partial charge is 0.337 e. The van der Waals surface area contributed by atoms with Crippen LogP contribution in [-0.4, -0.2) is 30.4 Å². The normalized spacial score (nSPS) is 10.9. The van der Waals surface area contributed by atoms with Gasteiger partial charge in [-0.05, 0) is 36.4 Å². The number of carbonyl (C=O) groups is 1. The number of amidine groups is 1. The van der Waals surface area contributed by atoms with Crippen LogP contribution in [0.3, 0.4) is 0 Å². The predicted octanol–water partition coefficient (Wildman–Crippen LogP) is 5.16. The van der Waals surface area contributed by atoms with Gasteiger partial charge in [-0.3, -0.25) is 0 Å². The van der Waals surface area contributed by atoms with Crippen LogP contribution in [0.15, 0.2) is 83.9 Å². The van der Waals surface area contributed by atoms with Crippen LogP contribution in [0, 0.1) is 0 Å². The summed E-state index contributed by atoms with van der Waals surface area (Å²) in [6.45, 7) is 0. The fourth-order valence-electron chi connectivity index (χ4n) is 2.68. The van der Waals surface area contributed by atoms with E-state index in [0.717, 1.165) is 4.31 Å². The van der Waals surface area contributed by atoms with E-state index in [9.17, 15) is 4.79 Å². The molecule has 148 valence electrons. The van der Waals surface area contributed by atoms with Gasteiger partial charge < -0.3 is 14.8 Å². The Labute approximate surface area is 175 Å². The van der Waals surface area contributed by atoms with Crippen molar-refractivity contribution in [3.8, 4) is 11.5 Å². The SMILES string of the molecule is COc1ccccc1N=C(c1ccccc1OC)N(S)C(=O)Nc1ccccc1. The number of nitrogens with one attached hydrogen (secondary N) is 1. The molecule has 0 aliphatic rings. The van der Waals surface area contributed by atoms with E-state index < -0.39 is 6.03 Å². The number of anilines is 1. The van der Waals surface area contributed by atoms with E-state index in [-0.39, 0.29) is 0 Å². The summed E-state index contributed by atoms with van der Waals surface area (Å²) in [4.78, 5) is 17.5. The summed E-state index contributed by atoms with van der Waals surface area (Å²) in [6, 6.07) is 23.2. The van der Waals surface area contributed by atoms with E-state index in [1.54, 1.807) is 44.6 Å². The van der Waals surface area contributed by atoms with Gasteiger partial charge in [0, 0.05) is 5.69 Å². The zero-order valence-electron chi connectivity index (χ0n) is 16.1. The molecule has 29 heavy (non-hydrogen) atoms. The third-order valence-electron chi connectivity index (χ3n) is 4.08. The monoisotopic (exact) mass is 407 g/mol. The minimum Gasteiger partial charge on any atom is -0.496 e. The van der Waals surface area contributed by atoms with Crippen LogP contribution in [0.5, 0.6) is 11.5 Å². The van der Waals surface area contributed by atoms with Crippen molar-refractivity contribution >= 4 is 36.1 Å². The first-order valence-electron chi connectivity index (χ1n) is 8.84. The average molecular weight is 407 g/mol. The maximum atomic E-state index is 12.9. The Kier molecular flexibility index (Phi) is 6.76. The number of urea groups is 1. The molecule has 0 atom stereocenters. The number of rotatable bonds is 5. The third-order valence-corrected chi connectivity index (χ3v) is 4.45. The highest BCUT2D eigenvalue weighted by Gasteiger charge is 2.22. The van der Waals surface area contributed by atoms with Crippen LogP contribution in [-0.2, 0) is 0 Å². The summed E-state index contributed by atoms with van der Waals surface area (Å²) in [7, 11) is 3.13. The topological polar surface area (TPSA) is 63.2 Å². The van der Waals surface area contributed by atoms with Crippen molar-refractivity contribution in [3.63, 3.8) is 0 Å². The lowest BCUT2D eigenvalue weighted by molar-refractivity contribution is 0.248. The Morgan fingerprint density at radius 1 is 0.862 bits per heavy atom. The van der Waals surface area contributed by atoms with Crippen molar-refractivity contribution in [2.75, 3.05) is 19.5 Å². The van der Waals surface area contributed by atoms with Crippen LogP contribution in [0.25, 0.3) is 0 Å². The molecule has 0 bridgehead atoms. The molecule has 0 fully saturated rings. The van der Waals surface area contributed by atoms with Crippen LogP contribution in [0.1, 0.15) is 5.56 Å². The Morgan fingerprint density at radius 3 is 2.14 bits per heavy atom. The van der Waals surface area contributed by atoms with Crippen LogP contribution >= 0.6 is 12.8 Å². The van der Waals surface area contributed by atoms with Crippen LogP contribution in [0.2, 0.25) is 0 Å². The first-order valence-corrected chi connectivity index (χ1v) is 9.24. The number of methoxy groups -OCH3 is 2. The molecule has 0 saturated carbocycles. The molecule has 0 heterocycles. The van der Waals surface area contributed by atoms with Gasteiger partial charge in [-0.15, -0.1) is 0 Å². The lowest BCUT2D eigenvalue weighted by atomic mass is 10.1. The zero-order chi connectivity index (χ0) is 20.6. The van der Waals surface area contributed by atoms with Gasteiger partial charge in [-0.2, -0.15) is 0 Å². The molecular weight excluding hydrogens is 386 g/mol. The number of aliphatic imine (C=N–C) groups is 1. The zero-order valence-corrected chi connectivity index (χ0v) is 17.0. The predicted molar refractivity (Wildman–Crippen MR) is 118 cm³/mol. The molecule has 6 nitrogen and oxygen atoms in total. The molecule has 1 N–H and O–H groups in total. The van der Waals surface area contributed by atoms with Gasteiger partial charge in [0.1, 0.15) is 17.2 Å². The van der Waals surface area contributed by atoms with Crippen molar-refractivity contribution < 1.29 is 14.3 Å². The standard InChI is InChI=1S/C22H21N3O3S/c1-27-19-14-8-6-12-17(19)21(24-18-13-7-9-15-20(18)28-2)25(29)22(26)23-16-10-4-3-5-11-16/h3-15,29H,1-2H3,(H,23,26). The first-order chi connectivity index (χ1) is 14.1. The van der Waals surface area contributed by atoms with Crippen molar-refractivity contribution in [3.05, 3.63) is 84.4 Å². The minimum absolute atomic E-state index is 0.295. The Hall–Kier alpha value is -3.45. The van der Waals surface area contributed by atoms with Gasteiger partial charge in [0.15, 0.2) is 5.84 Å². The van der Waals surface area contributed by atoms with Crippen LogP contribution < -0.4 is 14.8 Å². The van der Waals surface area contributed by atoms with E-state index in [2.05, 4.69) is 23.1 Å². The molecular formula is C22H21N3O3S. The molecule has 3 rings (SSSR count). The molecule has 0 aliphatic heterocycles. The molecule has 0 aliphatic carbocycles. The number of nitrogens with zero attached hydrogens (tertiary/aromatic N) is 2. The summed E-state index contributed by atoms with van der Waals surface area (Å²) in [5, 5.41) is 2.80. The van der Waals surface area contributed by atoms with E-state index in [0.29, 0.717) is 34.3 Å². The molecule has 3 aromatic rings. The molecule has 0 spiro atoms. The second-order valence-corrected chi connectivity index (χ2v) is 6.32. The van der Waals surface area contributed by atoms with E-state index in [1.165, 1.54) is 0 Å². The highest BCUT2D eigenvalue weighted by atomic mass is 32.1. The second kappa shape index (κ2) is 9.66. The average Bonchev–Trinajstić information content (AvgIpc) is 2.78. The number of carbonyl (C=O) groups excluding carboxylic acids is 1. The van der Waals surface area contributed by atoms with E-state index >= 15 is 0 Å². The summed E-state index contributed by atoms with van der Waals surface area (Å²) < 4.78 is 12.0. The molecule has 7 heteroatoms. The fraction of sp³-hybridized carbons (Fsp3) is 0.0909. The number of benzene rings is 3. The second-order valence-electron chi connectivity index (χ2n) is 5.92. The lowest BCUT2D eigenvalue weighted by Crippen LogP contribution is -2.33. The number of hydrogen-bond donors (Lipinski definition) is 2. The highest BCUT2D eigenvalue weighted by molar-refractivity contribution is 7.79. The maximum absolute atomic E-state index is 12.9.